The van der Waals surface area contributed by atoms with Crippen LogP contribution in [0.25, 0.3) is 0 Å². The third-order valence-corrected chi connectivity index (χ3v) is 0.305. The van der Waals surface area contributed by atoms with Crippen molar-refractivity contribution in [2.45, 2.75) is 0 Å². The summed E-state index contributed by atoms with van der Waals surface area (Å²) in [5, 5.41) is 0. The molecule has 0 aromatic rings. The summed E-state index contributed by atoms with van der Waals surface area (Å²) in [6.45, 7) is 3.19. The van der Waals surface area contributed by atoms with E-state index in [1.807, 2.05) is 0 Å². The van der Waals surface area contributed by atoms with E-state index >= 15 is 0 Å². The lowest BCUT2D eigenvalue weighted by Gasteiger charge is -1.79. The highest BCUT2D eigenvalue weighted by Gasteiger charge is 1.94. The number of ketones is 1. The van der Waals surface area contributed by atoms with E-state index in [-0.39, 0.29) is 12.4 Å². The highest BCUT2D eigenvalue weighted by Crippen LogP contribution is 1.65. The Morgan fingerprint density at radius 3 is 2.50 bits per heavy atom. The maximum atomic E-state index is 9.81. The molecule has 0 fully saturated rings. The van der Waals surface area contributed by atoms with E-state index in [9.17, 15) is 4.79 Å². The van der Waals surface area contributed by atoms with E-state index < -0.39 is 0 Å². The van der Waals surface area contributed by atoms with Crippen molar-refractivity contribution in [3.05, 3.63) is 6.92 Å². The summed E-state index contributed by atoms with van der Waals surface area (Å²) in [7, 11) is 1.46. The molecule has 0 unspecified atom stereocenters. The number of ether oxygens (including phenoxy) is 1. The summed E-state index contributed by atoms with van der Waals surface area (Å²) in [5.41, 5.74) is 0. The average molecular weight is 87.1 g/mol. The first-order chi connectivity index (χ1) is 2.77. The first-order valence-corrected chi connectivity index (χ1v) is 1.61. The predicted molar refractivity (Wildman–Crippen MR) is 22.2 cm³/mol. The van der Waals surface area contributed by atoms with Crippen LogP contribution >= 0.6 is 0 Å². The van der Waals surface area contributed by atoms with Crippen molar-refractivity contribution in [3.63, 3.8) is 0 Å². The maximum absolute atomic E-state index is 9.81. The van der Waals surface area contributed by atoms with Crippen molar-refractivity contribution < 1.29 is 9.53 Å². The number of hydrogen-bond acceptors (Lipinski definition) is 2. The minimum Gasteiger partial charge on any atom is -0.372 e. The zero-order valence-electron chi connectivity index (χ0n) is 3.73. The molecule has 2 nitrogen and oxygen atoms in total. The van der Waals surface area contributed by atoms with Crippen LogP contribution in [0, 0.1) is 6.92 Å². The van der Waals surface area contributed by atoms with Crippen molar-refractivity contribution >= 4 is 5.78 Å². The average Bonchev–Trinajstić information content (AvgIpc) is 1.35. The van der Waals surface area contributed by atoms with Crippen LogP contribution in [-0.2, 0) is 9.53 Å². The van der Waals surface area contributed by atoms with E-state index in [1.54, 1.807) is 0 Å². The van der Waals surface area contributed by atoms with Crippen LogP contribution in [0.4, 0.5) is 0 Å². The van der Waals surface area contributed by atoms with E-state index in [2.05, 4.69) is 11.7 Å². The fourth-order valence-electron chi connectivity index (χ4n) is 0.161. The van der Waals surface area contributed by atoms with Gasteiger partial charge in [0.1, 0.15) is 13.5 Å². The van der Waals surface area contributed by atoms with Gasteiger partial charge in [-0.05, 0) is 0 Å². The molecule has 0 aliphatic heterocycles. The molecule has 0 atom stereocenters. The van der Waals surface area contributed by atoms with Gasteiger partial charge in [0.2, 0.25) is 0 Å². The Morgan fingerprint density at radius 2 is 2.50 bits per heavy atom. The molecule has 0 saturated heterocycles. The van der Waals surface area contributed by atoms with Crippen molar-refractivity contribution in [2.75, 3.05) is 13.7 Å². The molecular formula is C4H7O2+. The molecule has 0 aromatic carbocycles. The van der Waals surface area contributed by atoms with Gasteiger partial charge in [0.05, 0.1) is 0 Å². The third kappa shape index (κ3) is 3.50. The lowest BCUT2D eigenvalue weighted by Crippen LogP contribution is -1.99. The van der Waals surface area contributed by atoms with Crippen molar-refractivity contribution in [3.8, 4) is 0 Å². The van der Waals surface area contributed by atoms with Gasteiger partial charge in [0.25, 0.3) is 0 Å². The largest absolute Gasteiger partial charge is 0.372 e. The van der Waals surface area contributed by atoms with Gasteiger partial charge in [-0.1, -0.05) is 0 Å². The molecule has 6 heavy (non-hydrogen) atoms. The fourth-order valence-corrected chi connectivity index (χ4v) is 0.161. The van der Waals surface area contributed by atoms with E-state index in [1.165, 1.54) is 7.11 Å². The molecule has 0 rings (SSSR count). The Balaban J connectivity index is 2.83. The first kappa shape index (κ1) is 5.50. The Bertz CT molecular complexity index is 49.5. The predicted octanol–water partition coefficient (Wildman–Crippen LogP) is 0.0360. The Morgan fingerprint density at radius 1 is 2.00 bits per heavy atom. The molecule has 0 N–H and O–H groups in total. The van der Waals surface area contributed by atoms with E-state index in [0.29, 0.717) is 0 Å². The van der Waals surface area contributed by atoms with Crippen molar-refractivity contribution in [2.24, 2.45) is 0 Å². The maximum Gasteiger partial charge on any atom is 0.328 e. The molecule has 0 bridgehead atoms. The van der Waals surface area contributed by atoms with Gasteiger partial charge in [-0.2, -0.15) is 0 Å². The van der Waals surface area contributed by atoms with Gasteiger partial charge >= 0.3 is 5.78 Å². The van der Waals surface area contributed by atoms with Crippen LogP contribution in [0.1, 0.15) is 0 Å². The number of carbonyl (C=O) groups is 1. The number of carbonyl (C=O) groups excluding carboxylic acids is 1. The zero-order valence-corrected chi connectivity index (χ0v) is 3.73. The molecule has 2 heteroatoms. The number of Topliss-reactive ketones (excluding diaryl/α,β-unsaturated/α-hetero) is 1. The highest BCUT2D eigenvalue weighted by molar-refractivity contribution is 5.83. The molecule has 0 saturated carbocycles. The van der Waals surface area contributed by atoms with Gasteiger partial charge < -0.3 is 4.74 Å². The molecule has 0 amide bonds. The summed E-state index contributed by atoms with van der Waals surface area (Å²) >= 11 is 0. The van der Waals surface area contributed by atoms with Crippen LogP contribution in [0.15, 0.2) is 0 Å². The lowest BCUT2D eigenvalue weighted by atomic mass is 10.5. The molecule has 34 valence electrons. The topological polar surface area (TPSA) is 26.3 Å². The number of hydrogen-bond donors (Lipinski definition) is 0. The Hall–Kier alpha value is -0.500. The van der Waals surface area contributed by atoms with Crippen LogP contribution in [0.5, 0.6) is 0 Å². The molecule has 0 heterocycles. The van der Waals surface area contributed by atoms with Gasteiger partial charge in [0.15, 0.2) is 0 Å². The zero-order chi connectivity index (χ0) is 4.99. The highest BCUT2D eigenvalue weighted by atomic mass is 16.5. The Labute approximate surface area is 37.1 Å². The van der Waals surface area contributed by atoms with Crippen LogP contribution in [0.2, 0.25) is 0 Å². The second-order valence-corrected chi connectivity index (χ2v) is 0.972. The van der Waals surface area contributed by atoms with E-state index in [0.717, 1.165) is 0 Å². The Kier molecular flexibility index (Phi) is 2.50. The quantitative estimate of drug-likeness (QED) is 0.444. The van der Waals surface area contributed by atoms with Crippen molar-refractivity contribution in [1.82, 2.24) is 0 Å². The van der Waals surface area contributed by atoms with Gasteiger partial charge in [-0.15, -0.1) is 0 Å². The van der Waals surface area contributed by atoms with E-state index in [4.69, 9.17) is 0 Å². The van der Waals surface area contributed by atoms with Crippen molar-refractivity contribution in [1.29, 1.82) is 0 Å². The molecular weight excluding hydrogens is 80.0 g/mol. The summed E-state index contributed by atoms with van der Waals surface area (Å²) in [6, 6.07) is 0. The first-order valence-electron chi connectivity index (χ1n) is 1.61. The summed E-state index contributed by atoms with van der Waals surface area (Å²) < 4.78 is 4.39. The number of methoxy groups -OCH3 is 1. The molecule has 0 radical (unpaired) electrons. The molecule has 0 aliphatic carbocycles. The summed E-state index contributed by atoms with van der Waals surface area (Å²) in [6.07, 6.45) is 0. The van der Waals surface area contributed by atoms with Crippen LogP contribution in [-0.4, -0.2) is 19.5 Å². The van der Waals surface area contributed by atoms with Gasteiger partial charge in [0, 0.05) is 7.11 Å². The van der Waals surface area contributed by atoms with Gasteiger partial charge in [-0.3, -0.25) is 0 Å². The normalized spacial score (nSPS) is 8.17. The minimum atomic E-state index is -0.183. The SMILES string of the molecule is [CH2+]C(=O)COC. The minimum absolute atomic E-state index is 0.125. The summed E-state index contributed by atoms with van der Waals surface area (Å²) in [5.74, 6) is -0.183. The number of rotatable bonds is 2. The molecule has 0 spiro atoms. The second kappa shape index (κ2) is 2.72. The van der Waals surface area contributed by atoms with Crippen LogP contribution < -0.4 is 0 Å². The summed E-state index contributed by atoms with van der Waals surface area (Å²) in [4.78, 5) is 9.81. The second-order valence-electron chi connectivity index (χ2n) is 0.972. The standard InChI is InChI=1S/C4H7O2/c1-4(5)3-6-2/h1,3H2,2H3/q+1. The third-order valence-electron chi connectivity index (χ3n) is 0.305. The van der Waals surface area contributed by atoms with Crippen LogP contribution in [0.3, 0.4) is 0 Å². The molecule has 0 aromatic heterocycles. The fraction of sp³-hybridized carbons (Fsp3) is 0.500. The smallest absolute Gasteiger partial charge is 0.328 e. The van der Waals surface area contributed by atoms with Gasteiger partial charge in [-0.25, -0.2) is 4.79 Å². The molecule has 0 aliphatic rings. The lowest BCUT2D eigenvalue weighted by molar-refractivity contribution is -0.118. The monoisotopic (exact) mass is 87.0 g/mol.